The average molecular weight is 567 g/mol. The van der Waals surface area contributed by atoms with E-state index >= 15 is 0 Å². The molecule has 0 saturated heterocycles. The van der Waals surface area contributed by atoms with Crippen molar-refractivity contribution in [2.75, 3.05) is 13.2 Å². The van der Waals surface area contributed by atoms with E-state index in [1.807, 2.05) is 0 Å². The second-order valence-corrected chi connectivity index (χ2v) is 11.6. The average Bonchev–Trinajstić information content (AvgIpc) is 2.96. The quantitative estimate of drug-likeness (QED) is 0.0513. The number of rotatable bonds is 31. The van der Waals surface area contributed by atoms with E-state index in [1.165, 1.54) is 109 Å². The highest BCUT2D eigenvalue weighted by molar-refractivity contribution is 5.70. The van der Waals surface area contributed by atoms with Crippen molar-refractivity contribution < 1.29 is 24.2 Å². The zero-order valence-electron chi connectivity index (χ0n) is 26.6. The smallest absolute Gasteiger partial charge is 0.306 e. The summed E-state index contributed by atoms with van der Waals surface area (Å²) in [7, 11) is 0. The van der Waals surface area contributed by atoms with Gasteiger partial charge in [0.25, 0.3) is 0 Å². The predicted octanol–water partition coefficient (Wildman–Crippen LogP) is 10.2. The first-order valence-corrected chi connectivity index (χ1v) is 17.2. The van der Waals surface area contributed by atoms with Crippen LogP contribution in [0.4, 0.5) is 0 Å². The molecule has 0 radical (unpaired) electrons. The molecule has 0 fully saturated rings. The molecule has 0 aliphatic rings. The van der Waals surface area contributed by atoms with Crippen molar-refractivity contribution >= 4 is 11.9 Å². The Labute approximate surface area is 248 Å². The van der Waals surface area contributed by atoms with Gasteiger partial charge in [-0.25, -0.2) is 0 Å². The molecule has 0 amide bonds. The van der Waals surface area contributed by atoms with Crippen LogP contribution in [0.25, 0.3) is 0 Å². The molecule has 0 aromatic carbocycles. The molecular weight excluding hydrogens is 500 g/mol. The molecule has 40 heavy (non-hydrogen) atoms. The van der Waals surface area contributed by atoms with Gasteiger partial charge in [-0.1, -0.05) is 142 Å². The summed E-state index contributed by atoms with van der Waals surface area (Å²) in [5, 5.41) is 9.49. The van der Waals surface area contributed by atoms with Crippen LogP contribution in [0.3, 0.4) is 0 Å². The van der Waals surface area contributed by atoms with Gasteiger partial charge in [0.05, 0.1) is 6.61 Å². The van der Waals surface area contributed by atoms with Gasteiger partial charge in [0.1, 0.15) is 6.61 Å². The van der Waals surface area contributed by atoms with Crippen LogP contribution in [0.2, 0.25) is 0 Å². The van der Waals surface area contributed by atoms with E-state index in [9.17, 15) is 14.7 Å². The zero-order valence-corrected chi connectivity index (χ0v) is 26.6. The summed E-state index contributed by atoms with van der Waals surface area (Å²) >= 11 is 0. The van der Waals surface area contributed by atoms with Crippen molar-refractivity contribution in [3.8, 4) is 0 Å². The van der Waals surface area contributed by atoms with Crippen LogP contribution in [0.15, 0.2) is 12.2 Å². The fraction of sp³-hybridized carbons (Fsp3) is 0.886. The summed E-state index contributed by atoms with van der Waals surface area (Å²) in [6.45, 7) is 4.11. The van der Waals surface area contributed by atoms with Gasteiger partial charge in [-0.2, -0.15) is 0 Å². The summed E-state index contributed by atoms with van der Waals surface area (Å²) in [5.74, 6) is -0.597. The fourth-order valence-electron chi connectivity index (χ4n) is 4.90. The largest absolute Gasteiger partial charge is 0.462 e. The summed E-state index contributed by atoms with van der Waals surface area (Å²) < 4.78 is 10.5. The van der Waals surface area contributed by atoms with Gasteiger partial charge in [-0.15, -0.1) is 0 Å². The van der Waals surface area contributed by atoms with E-state index in [-0.39, 0.29) is 25.2 Å². The maximum atomic E-state index is 12.1. The maximum absolute atomic E-state index is 12.1. The van der Waals surface area contributed by atoms with E-state index in [0.717, 1.165) is 44.9 Å². The molecule has 0 bridgehead atoms. The van der Waals surface area contributed by atoms with Crippen LogP contribution < -0.4 is 0 Å². The number of hydrogen-bond acceptors (Lipinski definition) is 5. The monoisotopic (exact) mass is 566 g/mol. The minimum absolute atomic E-state index is 0.0642. The van der Waals surface area contributed by atoms with Crippen molar-refractivity contribution in [1.29, 1.82) is 0 Å². The lowest BCUT2D eigenvalue weighted by molar-refractivity contribution is -0.161. The van der Waals surface area contributed by atoms with Gasteiger partial charge >= 0.3 is 11.9 Å². The second kappa shape index (κ2) is 32.2. The van der Waals surface area contributed by atoms with Crippen LogP contribution in [0.5, 0.6) is 0 Å². The number of ether oxygens (including phenoxy) is 2. The Balaban J connectivity index is 3.57. The zero-order chi connectivity index (χ0) is 29.4. The van der Waals surface area contributed by atoms with E-state index in [0.29, 0.717) is 12.8 Å². The Bertz CT molecular complexity index is 574. The van der Waals surface area contributed by atoms with E-state index < -0.39 is 6.10 Å². The summed E-state index contributed by atoms with van der Waals surface area (Å²) in [4.78, 5) is 24.1. The Kier molecular flexibility index (Phi) is 31.1. The van der Waals surface area contributed by atoms with E-state index in [2.05, 4.69) is 26.0 Å². The first kappa shape index (κ1) is 38.6. The van der Waals surface area contributed by atoms with Crippen LogP contribution in [0, 0.1) is 0 Å². The molecule has 0 aromatic rings. The number of allylic oxidation sites excluding steroid dienone is 2. The van der Waals surface area contributed by atoms with Crippen LogP contribution >= 0.6 is 0 Å². The first-order valence-electron chi connectivity index (χ1n) is 17.2. The minimum atomic E-state index is -0.767. The van der Waals surface area contributed by atoms with Crippen LogP contribution in [-0.4, -0.2) is 36.4 Å². The van der Waals surface area contributed by atoms with Crippen molar-refractivity contribution in [1.82, 2.24) is 0 Å². The lowest BCUT2D eigenvalue weighted by Gasteiger charge is -2.15. The molecule has 1 atom stereocenters. The number of aliphatic hydroxyl groups is 1. The third kappa shape index (κ3) is 29.6. The Morgan fingerprint density at radius 3 is 1.35 bits per heavy atom. The Morgan fingerprint density at radius 1 is 0.550 bits per heavy atom. The molecule has 1 unspecified atom stereocenters. The molecule has 0 heterocycles. The molecule has 236 valence electrons. The molecule has 5 nitrogen and oxygen atoms in total. The maximum Gasteiger partial charge on any atom is 0.306 e. The SMILES string of the molecule is CCCCCCCCC/C=C\CCCCCCCC(=O)OC(CO)COC(=O)CCCCCCCCCCCC. The highest BCUT2D eigenvalue weighted by Crippen LogP contribution is 2.13. The first-order chi connectivity index (χ1) is 19.6. The van der Waals surface area contributed by atoms with Crippen molar-refractivity contribution in [3.63, 3.8) is 0 Å². The number of aliphatic hydroxyl groups excluding tert-OH is 1. The van der Waals surface area contributed by atoms with Crippen LogP contribution in [0.1, 0.15) is 181 Å². The molecule has 0 aliphatic carbocycles. The van der Waals surface area contributed by atoms with Gasteiger partial charge in [-0.3, -0.25) is 9.59 Å². The van der Waals surface area contributed by atoms with Gasteiger partial charge in [0, 0.05) is 12.8 Å². The topological polar surface area (TPSA) is 72.8 Å². The van der Waals surface area contributed by atoms with Gasteiger partial charge in [0.2, 0.25) is 0 Å². The number of unbranched alkanes of at least 4 members (excludes halogenated alkanes) is 21. The van der Waals surface area contributed by atoms with E-state index in [1.54, 1.807) is 0 Å². The van der Waals surface area contributed by atoms with Gasteiger partial charge in [-0.05, 0) is 38.5 Å². The molecule has 0 aromatic heterocycles. The molecule has 1 N–H and O–H groups in total. The molecule has 0 spiro atoms. The number of carbonyl (C=O) groups excluding carboxylic acids is 2. The molecule has 0 rings (SSSR count). The Morgan fingerprint density at radius 2 is 0.925 bits per heavy atom. The third-order valence-electron chi connectivity index (χ3n) is 7.56. The number of carbonyl (C=O) groups is 2. The van der Waals surface area contributed by atoms with Gasteiger partial charge in [0.15, 0.2) is 6.10 Å². The Hall–Kier alpha value is -1.36. The normalized spacial score (nSPS) is 12.2. The van der Waals surface area contributed by atoms with Crippen molar-refractivity contribution in [2.24, 2.45) is 0 Å². The summed E-state index contributed by atoms with van der Waals surface area (Å²) in [5.41, 5.74) is 0. The minimum Gasteiger partial charge on any atom is -0.462 e. The van der Waals surface area contributed by atoms with E-state index in [4.69, 9.17) is 9.47 Å². The van der Waals surface area contributed by atoms with Crippen molar-refractivity contribution in [3.05, 3.63) is 12.2 Å². The van der Waals surface area contributed by atoms with Crippen LogP contribution in [-0.2, 0) is 19.1 Å². The van der Waals surface area contributed by atoms with Crippen molar-refractivity contribution in [2.45, 2.75) is 187 Å². The van der Waals surface area contributed by atoms with Gasteiger partial charge < -0.3 is 14.6 Å². The summed E-state index contributed by atoms with van der Waals surface area (Å²) in [6.07, 6.45) is 34.1. The molecule has 5 heteroatoms. The standard InChI is InChI=1S/C35H66O5/c1-3-5-7-9-11-13-15-16-17-18-19-20-22-24-26-28-30-35(38)40-33(31-36)32-39-34(37)29-27-25-23-21-14-12-10-8-6-4-2/h17-18,33,36H,3-16,19-32H2,1-2H3/b18-17-. The highest BCUT2D eigenvalue weighted by Gasteiger charge is 2.16. The summed E-state index contributed by atoms with van der Waals surface area (Å²) in [6, 6.07) is 0. The third-order valence-corrected chi connectivity index (χ3v) is 7.56. The lowest BCUT2D eigenvalue weighted by atomic mass is 10.1. The molecular formula is C35H66O5. The lowest BCUT2D eigenvalue weighted by Crippen LogP contribution is -2.28. The number of esters is 2. The molecule has 0 aliphatic heterocycles. The predicted molar refractivity (Wildman–Crippen MR) is 168 cm³/mol. The highest BCUT2D eigenvalue weighted by atomic mass is 16.6. The number of hydrogen-bond donors (Lipinski definition) is 1. The fourth-order valence-corrected chi connectivity index (χ4v) is 4.90. The molecule has 0 saturated carbocycles. The second-order valence-electron chi connectivity index (χ2n) is 11.6.